The molecule has 0 aliphatic heterocycles. The normalized spacial score (nSPS) is 12.7. The highest BCUT2D eigenvalue weighted by Crippen LogP contribution is 2.29. The van der Waals surface area contributed by atoms with Crippen LogP contribution >= 0.6 is 0 Å². The maximum Gasteiger partial charge on any atom is 0.408 e. The van der Waals surface area contributed by atoms with E-state index in [2.05, 4.69) is 10.6 Å². The number of amides is 3. The molecule has 0 aromatic heterocycles. The molecule has 0 saturated carbocycles. The third-order valence-electron chi connectivity index (χ3n) is 7.51. The van der Waals surface area contributed by atoms with E-state index in [0.717, 1.165) is 21.9 Å². The molecule has 9 nitrogen and oxygen atoms in total. The van der Waals surface area contributed by atoms with Crippen LogP contribution in [0.5, 0.6) is 5.75 Å². The van der Waals surface area contributed by atoms with E-state index in [1.165, 1.54) is 17.0 Å². The number of aromatic hydroxyl groups is 1. The van der Waals surface area contributed by atoms with E-state index in [0.29, 0.717) is 16.8 Å². The van der Waals surface area contributed by atoms with Gasteiger partial charge in [0.1, 0.15) is 23.4 Å². The van der Waals surface area contributed by atoms with Gasteiger partial charge in [0.25, 0.3) is 5.91 Å². The predicted molar refractivity (Wildman–Crippen MR) is 175 cm³/mol. The molecule has 4 aromatic carbocycles. The van der Waals surface area contributed by atoms with Crippen molar-refractivity contribution in [3.05, 3.63) is 107 Å². The van der Waals surface area contributed by atoms with Gasteiger partial charge in [-0.2, -0.15) is 0 Å². The van der Waals surface area contributed by atoms with Crippen LogP contribution in [0.4, 0.5) is 10.5 Å². The summed E-state index contributed by atoms with van der Waals surface area (Å²) in [5.41, 5.74) is 2.74. The van der Waals surface area contributed by atoms with Crippen LogP contribution in [0.25, 0.3) is 10.8 Å². The van der Waals surface area contributed by atoms with Gasteiger partial charge in [0, 0.05) is 18.7 Å². The van der Waals surface area contributed by atoms with Crippen molar-refractivity contribution < 1.29 is 29.3 Å². The van der Waals surface area contributed by atoms with Gasteiger partial charge < -0.3 is 30.5 Å². The van der Waals surface area contributed by atoms with Crippen LogP contribution in [-0.4, -0.2) is 57.8 Å². The fraction of sp³-hybridized carbons (Fsp3) is 0.306. The Morgan fingerprint density at radius 3 is 2.24 bits per heavy atom. The molecule has 2 atom stereocenters. The van der Waals surface area contributed by atoms with Gasteiger partial charge in [-0.05, 0) is 91.9 Å². The van der Waals surface area contributed by atoms with Crippen LogP contribution in [0.2, 0.25) is 0 Å². The SMILES string of the molecule is Cc1cccc(C(C(=O)Nc2ccc3ccccc3c2)N(CCO)C(=O)C(Cc2ccc(O)cc2)NC(=O)OC(C)(C)C)c1C. The first-order valence-corrected chi connectivity index (χ1v) is 14.9. The molecule has 0 bridgehead atoms. The quantitative estimate of drug-likeness (QED) is 0.180. The number of ether oxygens (including phenoxy) is 1. The fourth-order valence-electron chi connectivity index (χ4n) is 5.19. The molecule has 0 spiro atoms. The van der Waals surface area contributed by atoms with Gasteiger partial charge in [-0.15, -0.1) is 0 Å². The Morgan fingerprint density at radius 1 is 0.889 bits per heavy atom. The maximum absolute atomic E-state index is 14.5. The van der Waals surface area contributed by atoms with E-state index in [9.17, 15) is 24.6 Å². The number of alkyl carbamates (subject to hydrolysis) is 1. The summed E-state index contributed by atoms with van der Waals surface area (Å²) >= 11 is 0. The molecule has 0 saturated heterocycles. The number of nitrogens with one attached hydrogen (secondary N) is 2. The number of nitrogens with zero attached hydrogens (tertiary/aromatic N) is 1. The first-order chi connectivity index (χ1) is 21.4. The number of phenols is 1. The Kier molecular flexibility index (Phi) is 10.5. The number of carbonyl (C=O) groups excluding carboxylic acids is 3. The van der Waals surface area contributed by atoms with Crippen molar-refractivity contribution >= 4 is 34.4 Å². The van der Waals surface area contributed by atoms with Crippen molar-refractivity contribution in [2.45, 2.75) is 58.7 Å². The van der Waals surface area contributed by atoms with Gasteiger partial charge in [-0.1, -0.05) is 60.7 Å². The molecule has 0 aliphatic rings. The molecule has 0 radical (unpaired) electrons. The Labute approximate surface area is 263 Å². The van der Waals surface area contributed by atoms with E-state index in [4.69, 9.17) is 4.74 Å². The molecule has 4 rings (SSSR count). The second-order valence-electron chi connectivity index (χ2n) is 12.1. The van der Waals surface area contributed by atoms with Gasteiger partial charge in [0.2, 0.25) is 5.91 Å². The Morgan fingerprint density at radius 2 is 1.58 bits per heavy atom. The lowest BCUT2D eigenvalue weighted by Gasteiger charge is -2.35. The minimum atomic E-state index is -1.16. The number of anilines is 1. The number of rotatable bonds is 10. The molecule has 4 aromatic rings. The second kappa shape index (κ2) is 14.3. The fourth-order valence-corrected chi connectivity index (χ4v) is 5.19. The predicted octanol–water partition coefficient (Wildman–Crippen LogP) is 5.80. The summed E-state index contributed by atoms with van der Waals surface area (Å²) in [4.78, 5) is 43.0. The number of carbonyl (C=O) groups is 3. The summed E-state index contributed by atoms with van der Waals surface area (Å²) in [6.45, 7) is 8.36. The zero-order valence-electron chi connectivity index (χ0n) is 26.3. The van der Waals surface area contributed by atoms with E-state index in [-0.39, 0.29) is 18.7 Å². The van der Waals surface area contributed by atoms with Crippen molar-refractivity contribution in [3.63, 3.8) is 0 Å². The van der Waals surface area contributed by atoms with Crippen LogP contribution < -0.4 is 10.6 Å². The number of fused-ring (bicyclic) bond motifs is 1. The van der Waals surface area contributed by atoms with Crippen molar-refractivity contribution in [3.8, 4) is 5.75 Å². The number of aryl methyl sites for hydroxylation is 1. The first-order valence-electron chi connectivity index (χ1n) is 14.9. The number of benzene rings is 4. The molecule has 0 aliphatic carbocycles. The molecular weight excluding hydrogens is 570 g/mol. The molecular formula is C36H41N3O6. The standard InChI is InChI=1S/C36H41N3O6/c1-23-9-8-12-30(24(23)2)32(33(42)37-28-16-15-26-10-6-7-11-27(26)22-28)39(19-20-40)34(43)31(38-35(44)45-36(3,4)5)21-25-13-17-29(41)18-14-25/h6-18,22,31-32,40-41H,19-21H2,1-5H3,(H,37,42)(H,38,44). The zero-order chi connectivity index (χ0) is 32.7. The Hall–Kier alpha value is -4.89. The summed E-state index contributed by atoms with van der Waals surface area (Å²) in [7, 11) is 0. The minimum Gasteiger partial charge on any atom is -0.508 e. The molecule has 0 heterocycles. The summed E-state index contributed by atoms with van der Waals surface area (Å²) in [6, 6.07) is 22.9. The lowest BCUT2D eigenvalue weighted by molar-refractivity contribution is -0.141. The maximum atomic E-state index is 14.5. The second-order valence-corrected chi connectivity index (χ2v) is 12.1. The third kappa shape index (κ3) is 8.61. The Balaban J connectivity index is 1.76. The van der Waals surface area contributed by atoms with Gasteiger partial charge >= 0.3 is 6.09 Å². The van der Waals surface area contributed by atoms with Gasteiger partial charge in [-0.3, -0.25) is 9.59 Å². The molecule has 3 amide bonds. The van der Waals surface area contributed by atoms with Crippen LogP contribution in [-0.2, 0) is 20.7 Å². The number of aliphatic hydroxyl groups is 1. The van der Waals surface area contributed by atoms with Gasteiger partial charge in [0.15, 0.2) is 0 Å². The lowest BCUT2D eigenvalue weighted by atomic mass is 9.94. The van der Waals surface area contributed by atoms with E-state index in [1.54, 1.807) is 45.0 Å². The highest BCUT2D eigenvalue weighted by molar-refractivity contribution is 6.00. The summed E-state index contributed by atoms with van der Waals surface area (Å²) in [6.07, 6.45) is -0.751. The lowest BCUT2D eigenvalue weighted by Crippen LogP contribution is -2.54. The third-order valence-corrected chi connectivity index (χ3v) is 7.51. The topological polar surface area (TPSA) is 128 Å². The smallest absolute Gasteiger partial charge is 0.408 e. The van der Waals surface area contributed by atoms with E-state index in [1.807, 2.05) is 62.4 Å². The van der Waals surface area contributed by atoms with Crippen LogP contribution in [0.3, 0.4) is 0 Å². The molecule has 4 N–H and O–H groups in total. The first kappa shape index (κ1) is 33.0. The monoisotopic (exact) mass is 611 g/mol. The highest BCUT2D eigenvalue weighted by Gasteiger charge is 2.37. The number of aliphatic hydroxyl groups excluding tert-OH is 1. The summed E-state index contributed by atoms with van der Waals surface area (Å²) in [5, 5.41) is 27.6. The van der Waals surface area contributed by atoms with Gasteiger partial charge in [-0.25, -0.2) is 4.79 Å². The molecule has 236 valence electrons. The number of hydrogen-bond donors (Lipinski definition) is 4. The van der Waals surface area contributed by atoms with Gasteiger partial charge in [0.05, 0.1) is 6.61 Å². The van der Waals surface area contributed by atoms with Crippen molar-refractivity contribution in [1.82, 2.24) is 10.2 Å². The zero-order valence-corrected chi connectivity index (χ0v) is 26.3. The average Bonchev–Trinajstić information content (AvgIpc) is 2.98. The van der Waals surface area contributed by atoms with E-state index >= 15 is 0 Å². The Bertz CT molecular complexity index is 1660. The minimum absolute atomic E-state index is 0.0477. The summed E-state index contributed by atoms with van der Waals surface area (Å²) in [5.74, 6) is -0.993. The van der Waals surface area contributed by atoms with Crippen molar-refractivity contribution in [2.75, 3.05) is 18.5 Å². The average molecular weight is 612 g/mol. The number of hydrogen-bond acceptors (Lipinski definition) is 6. The van der Waals surface area contributed by atoms with Crippen molar-refractivity contribution in [2.24, 2.45) is 0 Å². The van der Waals surface area contributed by atoms with Crippen LogP contribution in [0, 0.1) is 13.8 Å². The van der Waals surface area contributed by atoms with Crippen LogP contribution in [0.1, 0.15) is 49.1 Å². The van der Waals surface area contributed by atoms with Crippen LogP contribution in [0.15, 0.2) is 84.9 Å². The molecule has 2 unspecified atom stereocenters. The summed E-state index contributed by atoms with van der Waals surface area (Å²) < 4.78 is 5.47. The van der Waals surface area contributed by atoms with E-state index < -0.39 is 42.2 Å². The molecule has 0 fully saturated rings. The largest absolute Gasteiger partial charge is 0.508 e. The molecule has 9 heteroatoms. The highest BCUT2D eigenvalue weighted by atomic mass is 16.6. The molecule has 45 heavy (non-hydrogen) atoms. The number of phenolic OH excluding ortho intramolecular Hbond substituents is 1. The van der Waals surface area contributed by atoms with Crippen molar-refractivity contribution in [1.29, 1.82) is 0 Å².